The number of aromatic nitrogens is 5. The maximum Gasteiger partial charge on any atom is 0.452 e. The SMILES string of the molecule is O=C(N[C@H](c1cn2nc(C[C@H]3C[C@@H](C(F)(F)F)CNC3=O)c(NCCO)nc2n1)C1CCC(F)(F)CC1)OCc1cc(C(F)(F)F)on1. The van der Waals surface area contributed by atoms with Crippen LogP contribution in [-0.2, 0) is 28.7 Å². The Labute approximate surface area is 265 Å². The van der Waals surface area contributed by atoms with E-state index in [2.05, 4.69) is 40.7 Å². The van der Waals surface area contributed by atoms with Gasteiger partial charge in [-0.2, -0.15) is 36.4 Å². The maximum atomic E-state index is 14.0. The zero-order valence-corrected chi connectivity index (χ0v) is 24.9. The Balaban J connectivity index is 1.40. The van der Waals surface area contributed by atoms with Crippen LogP contribution in [0.3, 0.4) is 0 Å². The molecular weight excluding hydrogens is 668 g/mol. The predicted molar refractivity (Wildman–Crippen MR) is 145 cm³/mol. The van der Waals surface area contributed by atoms with E-state index in [0.29, 0.717) is 6.07 Å². The lowest BCUT2D eigenvalue weighted by Gasteiger charge is -2.33. The number of aliphatic hydroxyl groups excluding tert-OH is 1. The summed E-state index contributed by atoms with van der Waals surface area (Å²) in [7, 11) is 0. The second kappa shape index (κ2) is 13.7. The van der Waals surface area contributed by atoms with Gasteiger partial charge in [-0.05, 0) is 25.2 Å². The van der Waals surface area contributed by atoms with E-state index < -0.39 is 92.2 Å². The lowest BCUT2D eigenvalue weighted by atomic mass is 9.81. The van der Waals surface area contributed by atoms with Crippen molar-refractivity contribution in [2.75, 3.05) is 25.0 Å². The number of aliphatic hydroxyl groups is 1. The van der Waals surface area contributed by atoms with Crippen molar-refractivity contribution in [2.45, 2.75) is 69.4 Å². The van der Waals surface area contributed by atoms with Crippen LogP contribution in [0.4, 0.5) is 45.7 Å². The highest BCUT2D eigenvalue weighted by Crippen LogP contribution is 2.41. The Bertz CT molecular complexity index is 1600. The van der Waals surface area contributed by atoms with Crippen LogP contribution in [0.5, 0.6) is 0 Å². The third-order valence-electron chi connectivity index (χ3n) is 8.19. The summed E-state index contributed by atoms with van der Waals surface area (Å²) in [5.41, 5.74) is -0.160. The molecule has 0 bridgehead atoms. The van der Waals surface area contributed by atoms with Gasteiger partial charge < -0.3 is 30.3 Å². The van der Waals surface area contributed by atoms with Gasteiger partial charge in [0.05, 0.1) is 30.5 Å². The molecule has 5 rings (SSSR count). The molecule has 3 aromatic rings. The summed E-state index contributed by atoms with van der Waals surface area (Å²) >= 11 is 0. The number of hydrogen-bond donors (Lipinski definition) is 4. The Kier molecular flexibility index (Phi) is 9.97. The van der Waals surface area contributed by atoms with Crippen molar-refractivity contribution in [3.63, 3.8) is 0 Å². The molecule has 1 aliphatic carbocycles. The Hall–Kier alpha value is -4.30. The minimum absolute atomic E-state index is 0.0303. The lowest BCUT2D eigenvalue weighted by molar-refractivity contribution is -0.183. The molecule has 4 N–H and O–H groups in total. The standard InChI is InChI=1S/C27H30F8N8O5/c28-25(29)3-1-13(2-4-25)20(39-24(46)47-12-16-9-19(48-42-16)27(33,34)35)18-11-43-23(38-18)40-21(36-5-6-44)17(41-43)8-14-7-15(26(30,31)32)10-37-22(14)45/h9,11,13-15,20,44H,1-8,10,12H2,(H,37,45)(H,39,46)(H,36,38,40)/t14-,15-,20+/m1/s1. The van der Waals surface area contributed by atoms with E-state index in [1.165, 1.54) is 6.20 Å². The van der Waals surface area contributed by atoms with Gasteiger partial charge in [0.25, 0.3) is 5.78 Å². The summed E-state index contributed by atoms with van der Waals surface area (Å²) in [4.78, 5) is 34.0. The van der Waals surface area contributed by atoms with Gasteiger partial charge in [0, 0.05) is 44.3 Å². The van der Waals surface area contributed by atoms with Gasteiger partial charge >= 0.3 is 18.4 Å². The van der Waals surface area contributed by atoms with Crippen molar-refractivity contribution in [3.8, 4) is 0 Å². The smallest absolute Gasteiger partial charge is 0.443 e. The quantitative estimate of drug-likeness (QED) is 0.226. The van der Waals surface area contributed by atoms with E-state index in [-0.39, 0.29) is 61.1 Å². The zero-order chi connectivity index (χ0) is 34.9. The van der Waals surface area contributed by atoms with Crippen molar-refractivity contribution in [2.24, 2.45) is 17.8 Å². The van der Waals surface area contributed by atoms with Gasteiger partial charge in [-0.3, -0.25) is 4.79 Å². The van der Waals surface area contributed by atoms with Crippen LogP contribution in [0.15, 0.2) is 16.8 Å². The summed E-state index contributed by atoms with van der Waals surface area (Å²) < 4.78 is 117. The van der Waals surface area contributed by atoms with Gasteiger partial charge in [0.15, 0.2) is 5.82 Å². The maximum absolute atomic E-state index is 14.0. The monoisotopic (exact) mass is 698 g/mol. The highest BCUT2D eigenvalue weighted by molar-refractivity contribution is 5.80. The molecule has 2 fully saturated rings. The van der Waals surface area contributed by atoms with Crippen LogP contribution < -0.4 is 16.0 Å². The molecule has 48 heavy (non-hydrogen) atoms. The number of anilines is 1. The van der Waals surface area contributed by atoms with Crippen molar-refractivity contribution in [1.82, 2.24) is 35.4 Å². The minimum atomic E-state index is -4.81. The largest absolute Gasteiger partial charge is 0.452 e. The lowest BCUT2D eigenvalue weighted by Crippen LogP contribution is -2.47. The van der Waals surface area contributed by atoms with Crippen molar-refractivity contribution >= 4 is 23.6 Å². The molecule has 3 aromatic heterocycles. The van der Waals surface area contributed by atoms with Crippen LogP contribution in [0, 0.1) is 17.8 Å². The molecule has 264 valence electrons. The average molecular weight is 699 g/mol. The molecule has 2 amide bonds. The number of halogens is 8. The third-order valence-corrected chi connectivity index (χ3v) is 8.19. The van der Waals surface area contributed by atoms with Crippen molar-refractivity contribution in [1.29, 1.82) is 0 Å². The number of ether oxygens (including phenoxy) is 1. The first-order valence-electron chi connectivity index (χ1n) is 14.8. The van der Waals surface area contributed by atoms with Gasteiger partial charge in [-0.1, -0.05) is 5.16 Å². The van der Waals surface area contributed by atoms with E-state index in [1.807, 2.05) is 0 Å². The molecule has 0 radical (unpaired) electrons. The number of fused-ring (bicyclic) bond motifs is 1. The van der Waals surface area contributed by atoms with Crippen molar-refractivity contribution in [3.05, 3.63) is 35.1 Å². The van der Waals surface area contributed by atoms with E-state index in [0.717, 1.165) is 4.52 Å². The second-order valence-electron chi connectivity index (χ2n) is 11.7. The highest BCUT2D eigenvalue weighted by Gasteiger charge is 2.45. The number of alkyl carbamates (subject to hydrolysis) is 1. The van der Waals surface area contributed by atoms with E-state index in [9.17, 15) is 49.8 Å². The van der Waals surface area contributed by atoms with E-state index in [1.54, 1.807) is 0 Å². The number of piperidine rings is 1. The fraction of sp³-hybridized carbons (Fsp3) is 0.630. The summed E-state index contributed by atoms with van der Waals surface area (Å²) in [6, 6.07) is -0.512. The molecule has 2 aliphatic rings. The molecule has 13 nitrogen and oxygen atoms in total. The summed E-state index contributed by atoms with van der Waals surface area (Å²) in [6.07, 6.45) is -11.0. The number of hydrogen-bond acceptors (Lipinski definition) is 10. The molecule has 1 saturated heterocycles. The molecule has 0 unspecified atom stereocenters. The van der Waals surface area contributed by atoms with Crippen LogP contribution in [0.25, 0.3) is 5.78 Å². The average Bonchev–Trinajstić information content (AvgIpc) is 3.66. The van der Waals surface area contributed by atoms with E-state index >= 15 is 0 Å². The summed E-state index contributed by atoms with van der Waals surface area (Å²) in [5.74, 6) is -8.44. The topological polar surface area (TPSA) is 169 Å². The van der Waals surface area contributed by atoms with Gasteiger partial charge in [0.2, 0.25) is 17.6 Å². The number of carbonyl (C=O) groups excluding carboxylic acids is 2. The number of rotatable bonds is 10. The normalized spacial score (nSPS) is 21.1. The number of amides is 2. The number of nitrogens with one attached hydrogen (secondary N) is 3. The molecule has 4 heterocycles. The third kappa shape index (κ3) is 8.40. The Morgan fingerprint density at radius 3 is 2.56 bits per heavy atom. The number of carbonyl (C=O) groups is 2. The number of imidazole rings is 1. The fourth-order valence-electron chi connectivity index (χ4n) is 5.68. The molecule has 21 heteroatoms. The first-order valence-corrected chi connectivity index (χ1v) is 14.8. The van der Waals surface area contributed by atoms with Crippen LogP contribution in [0.1, 0.15) is 61.0 Å². The molecule has 0 spiro atoms. The van der Waals surface area contributed by atoms with Gasteiger partial charge in [0.1, 0.15) is 18.0 Å². The molecule has 3 atom stereocenters. The highest BCUT2D eigenvalue weighted by atomic mass is 19.4. The summed E-state index contributed by atoms with van der Waals surface area (Å²) in [6.45, 7) is -1.64. The van der Waals surface area contributed by atoms with Crippen molar-refractivity contribution < 1.29 is 59.1 Å². The Morgan fingerprint density at radius 1 is 1.19 bits per heavy atom. The Morgan fingerprint density at radius 2 is 1.92 bits per heavy atom. The fourth-order valence-corrected chi connectivity index (χ4v) is 5.68. The summed E-state index contributed by atoms with van der Waals surface area (Å²) in [5, 5.41) is 24.5. The molecular formula is C27H30F8N8O5. The zero-order valence-electron chi connectivity index (χ0n) is 24.9. The van der Waals surface area contributed by atoms with Crippen LogP contribution in [0.2, 0.25) is 0 Å². The first kappa shape index (κ1) is 35.0. The minimum Gasteiger partial charge on any atom is -0.443 e. The van der Waals surface area contributed by atoms with E-state index in [4.69, 9.17) is 4.74 Å². The predicted octanol–water partition coefficient (Wildman–Crippen LogP) is 4.19. The van der Waals surface area contributed by atoms with Gasteiger partial charge in [-0.15, -0.1) is 0 Å². The first-order chi connectivity index (χ1) is 22.5. The van der Waals surface area contributed by atoms with Gasteiger partial charge in [-0.25, -0.2) is 23.1 Å². The second-order valence-corrected chi connectivity index (χ2v) is 11.7. The molecule has 0 aromatic carbocycles. The molecule has 1 aliphatic heterocycles. The van der Waals surface area contributed by atoms with Crippen LogP contribution in [-0.4, -0.2) is 73.6 Å². The van der Waals surface area contributed by atoms with Crippen LogP contribution >= 0.6 is 0 Å². The number of nitrogens with zero attached hydrogens (tertiary/aromatic N) is 5. The molecule has 1 saturated carbocycles. The number of alkyl halides is 8.